The molecule has 14 nitrogen and oxygen atoms in total. The Kier molecular flexibility index (Phi) is 12.8. The van der Waals surface area contributed by atoms with E-state index < -0.39 is 15.4 Å². The molecular formula is C51H54F2N10O4S3. The number of anilines is 2. The zero-order valence-corrected chi connectivity index (χ0v) is 42.6. The first-order valence-electron chi connectivity index (χ1n) is 22.6. The SMILES string of the molecule is C=S(C)(=O)c1ccc(Cn2nc3c(c2Sc2ccccc2)C(=O)N(C)C2=NC(C)(C)CN23)cc1.CC(C)[C@@H]1CN2C(=N1)N(C)C(=O)c1c2nn(Cc2ccc(C(C)(F)F)cc2)c1Sc1ccc(O)cc1. The zero-order valence-electron chi connectivity index (χ0n) is 40.1. The number of amides is 2. The summed E-state index contributed by atoms with van der Waals surface area (Å²) in [6, 6.07) is 30.5. The molecule has 2 amide bonds. The van der Waals surface area contributed by atoms with E-state index in [2.05, 4.69) is 33.6 Å². The zero-order chi connectivity index (χ0) is 50.0. The molecule has 19 heteroatoms. The molecule has 0 fully saturated rings. The van der Waals surface area contributed by atoms with Gasteiger partial charge in [-0.05, 0) is 94.8 Å². The van der Waals surface area contributed by atoms with Gasteiger partial charge in [0, 0.05) is 47.5 Å². The second-order valence-corrected chi connectivity index (χ2v) is 23.6. The third-order valence-corrected chi connectivity index (χ3v) is 15.8. The lowest BCUT2D eigenvalue weighted by atomic mass is 10.1. The number of fused-ring (bicyclic) bond motifs is 6. The van der Waals surface area contributed by atoms with E-state index in [1.165, 1.54) is 35.7 Å². The summed E-state index contributed by atoms with van der Waals surface area (Å²) in [5, 5.41) is 20.9. The Morgan fingerprint density at radius 2 is 1.27 bits per heavy atom. The number of hydrogen-bond acceptors (Lipinski definition) is 12. The van der Waals surface area contributed by atoms with E-state index in [9.17, 15) is 27.7 Å². The predicted octanol–water partition coefficient (Wildman–Crippen LogP) is 9.01. The number of carbonyl (C=O) groups is 2. The van der Waals surface area contributed by atoms with Crippen LogP contribution in [0, 0.1) is 5.92 Å². The van der Waals surface area contributed by atoms with Crippen LogP contribution < -0.4 is 9.80 Å². The van der Waals surface area contributed by atoms with Gasteiger partial charge in [-0.25, -0.2) is 18.8 Å². The molecule has 0 spiro atoms. The first-order chi connectivity index (χ1) is 33.1. The third-order valence-electron chi connectivity index (χ3n) is 12.3. The second kappa shape index (κ2) is 18.4. The highest BCUT2D eigenvalue weighted by molar-refractivity contribution is 8.00. The van der Waals surface area contributed by atoms with Gasteiger partial charge >= 0.3 is 0 Å². The molecule has 10 rings (SSSR count). The molecule has 1 unspecified atom stereocenters. The number of aromatic hydroxyl groups is 1. The summed E-state index contributed by atoms with van der Waals surface area (Å²) >= 11 is 2.91. The van der Waals surface area contributed by atoms with E-state index in [4.69, 9.17) is 20.2 Å². The van der Waals surface area contributed by atoms with Crippen molar-refractivity contribution in [2.45, 2.75) is 89.9 Å². The summed E-state index contributed by atoms with van der Waals surface area (Å²) in [5.74, 6) is 3.43. The summed E-state index contributed by atoms with van der Waals surface area (Å²) in [5.41, 5.74) is 2.50. The van der Waals surface area contributed by atoms with Crippen molar-refractivity contribution < 1.29 is 27.7 Å². The number of aromatic nitrogens is 4. The molecule has 6 heterocycles. The summed E-state index contributed by atoms with van der Waals surface area (Å²) in [6.45, 7) is 11.2. The maximum Gasteiger partial charge on any atom is 0.270 e. The Morgan fingerprint density at radius 1 is 0.771 bits per heavy atom. The predicted molar refractivity (Wildman–Crippen MR) is 274 cm³/mol. The highest BCUT2D eigenvalue weighted by Crippen LogP contribution is 2.43. The summed E-state index contributed by atoms with van der Waals surface area (Å²) in [4.78, 5) is 46.4. The minimum Gasteiger partial charge on any atom is -0.508 e. The van der Waals surface area contributed by atoms with Gasteiger partial charge in [0.05, 0.1) is 37.8 Å². The Bertz CT molecular complexity index is 3170. The molecule has 1 N–H and O–H groups in total. The van der Waals surface area contributed by atoms with Crippen molar-refractivity contribution in [1.29, 1.82) is 0 Å². The molecule has 70 heavy (non-hydrogen) atoms. The number of carbonyl (C=O) groups excluding carboxylic acids is 2. The van der Waals surface area contributed by atoms with E-state index in [1.807, 2.05) is 69.1 Å². The van der Waals surface area contributed by atoms with Crippen molar-refractivity contribution in [3.63, 3.8) is 0 Å². The minimum atomic E-state index is -2.92. The van der Waals surface area contributed by atoms with Crippen LogP contribution in [0.5, 0.6) is 5.75 Å². The highest BCUT2D eigenvalue weighted by atomic mass is 32.2. The minimum absolute atomic E-state index is 0.0443. The molecular weight excluding hydrogens is 951 g/mol. The van der Waals surface area contributed by atoms with Crippen LogP contribution in [0.3, 0.4) is 0 Å². The van der Waals surface area contributed by atoms with Crippen LogP contribution in [0.4, 0.5) is 20.4 Å². The molecule has 364 valence electrons. The summed E-state index contributed by atoms with van der Waals surface area (Å²) < 4.78 is 43.3. The Hall–Kier alpha value is -6.44. The van der Waals surface area contributed by atoms with E-state index in [0.29, 0.717) is 76.7 Å². The first-order valence-corrected chi connectivity index (χ1v) is 26.4. The van der Waals surface area contributed by atoms with E-state index in [0.717, 1.165) is 32.9 Å². The van der Waals surface area contributed by atoms with Gasteiger partial charge < -0.3 is 5.11 Å². The topological polar surface area (TPSA) is 145 Å². The molecule has 0 aliphatic carbocycles. The monoisotopic (exact) mass is 1000 g/mol. The molecule has 0 bridgehead atoms. The standard InChI is InChI=1S/C26H27F2N5O2S.C25H27N5O2S2/c1-15(2)20-14-32-22-21(23(35)31(4)25(32)29-20)24(36-19-11-9-18(34)10-12-19)33(30-22)13-16-5-7-17(8-6-16)26(3,27)28;1-25(2)16-29-21-20(22(31)28(3)24(29)26-25)23(33-18-9-7-6-8-10-18)30(27-21)15-17-11-13-19(14-12-17)34(4,5)32/h5-12,15,20,34H,13-14H2,1-4H3;6-14H,4,15-16H2,1-3,5H3/t20-;/m0./s1. The van der Waals surface area contributed by atoms with E-state index in [-0.39, 0.29) is 34.7 Å². The van der Waals surface area contributed by atoms with Crippen LogP contribution in [0.15, 0.2) is 138 Å². The van der Waals surface area contributed by atoms with Gasteiger partial charge in [-0.1, -0.05) is 92.0 Å². The van der Waals surface area contributed by atoms with Gasteiger partial charge in [0.25, 0.3) is 17.7 Å². The summed E-state index contributed by atoms with van der Waals surface area (Å²) in [7, 11) is 1.21. The maximum absolute atomic E-state index is 13.7. The number of nitrogens with zero attached hydrogens (tertiary/aromatic N) is 10. The molecule has 4 aliphatic rings. The van der Waals surface area contributed by atoms with Crippen molar-refractivity contribution in [3.05, 3.63) is 131 Å². The molecule has 2 atom stereocenters. The van der Waals surface area contributed by atoms with Crippen LogP contribution in [-0.4, -0.2) is 113 Å². The smallest absolute Gasteiger partial charge is 0.270 e. The third kappa shape index (κ3) is 9.57. The normalized spacial score (nSPS) is 17.9. The van der Waals surface area contributed by atoms with Crippen molar-refractivity contribution >= 4 is 74.3 Å². The fourth-order valence-electron chi connectivity index (χ4n) is 8.50. The van der Waals surface area contributed by atoms with Crippen molar-refractivity contribution in [3.8, 4) is 5.75 Å². The number of aliphatic imine (C=N–C) groups is 2. The van der Waals surface area contributed by atoms with E-state index >= 15 is 0 Å². The van der Waals surface area contributed by atoms with Crippen molar-refractivity contribution in [2.24, 2.45) is 15.9 Å². The van der Waals surface area contributed by atoms with Gasteiger partial charge in [-0.3, -0.25) is 42.8 Å². The van der Waals surface area contributed by atoms with Crippen molar-refractivity contribution in [2.75, 3.05) is 43.2 Å². The van der Waals surface area contributed by atoms with Gasteiger partial charge in [0.1, 0.15) is 26.9 Å². The van der Waals surface area contributed by atoms with Crippen LogP contribution in [0.25, 0.3) is 0 Å². The highest BCUT2D eigenvalue weighted by Gasteiger charge is 2.46. The summed E-state index contributed by atoms with van der Waals surface area (Å²) in [6.07, 6.45) is 1.64. The molecule has 0 radical (unpaired) electrons. The van der Waals surface area contributed by atoms with Gasteiger partial charge in [0.15, 0.2) is 11.6 Å². The fourth-order valence-corrected chi connectivity index (χ4v) is 11.2. The first kappa shape index (κ1) is 48.6. The molecule has 6 aromatic rings. The largest absolute Gasteiger partial charge is 0.508 e. The quantitative estimate of drug-likeness (QED) is 0.125. The number of guanidine groups is 2. The van der Waals surface area contributed by atoms with Crippen LogP contribution in [0.1, 0.15) is 72.0 Å². The number of alkyl halides is 2. The van der Waals surface area contributed by atoms with Crippen LogP contribution >= 0.6 is 23.5 Å². The van der Waals surface area contributed by atoms with Gasteiger partial charge in [0.2, 0.25) is 11.9 Å². The number of phenols is 1. The Balaban J connectivity index is 0.000000174. The second-order valence-electron chi connectivity index (χ2n) is 19.0. The molecule has 0 saturated carbocycles. The molecule has 4 aliphatic heterocycles. The number of hydrogen-bond donors (Lipinski definition) is 1. The molecule has 0 saturated heterocycles. The van der Waals surface area contributed by atoms with Crippen molar-refractivity contribution in [1.82, 2.24) is 29.4 Å². The van der Waals surface area contributed by atoms with E-state index in [1.54, 1.807) is 71.2 Å². The van der Waals surface area contributed by atoms with Gasteiger partial charge in [-0.15, -0.1) is 0 Å². The molecule has 4 aromatic carbocycles. The molecule has 2 aromatic heterocycles. The maximum atomic E-state index is 13.7. The number of halogens is 2. The average molecular weight is 1010 g/mol. The van der Waals surface area contributed by atoms with Crippen LogP contribution in [-0.2, 0) is 28.5 Å². The fraction of sp³-hybridized carbons (Fsp3) is 0.314. The lowest BCUT2D eigenvalue weighted by molar-refractivity contribution is 0.0174. The lowest BCUT2D eigenvalue weighted by Crippen LogP contribution is -2.48. The van der Waals surface area contributed by atoms with Crippen LogP contribution in [0.2, 0.25) is 0 Å². The Labute approximate surface area is 415 Å². The number of phenolic OH excluding ortho intramolecular Hbond substituents is 1. The Morgan fingerprint density at radius 3 is 1.79 bits per heavy atom. The average Bonchev–Trinajstić information content (AvgIpc) is 4.08. The lowest BCUT2D eigenvalue weighted by Gasteiger charge is -2.30. The number of benzene rings is 4. The number of rotatable bonds is 11. The van der Waals surface area contributed by atoms with Gasteiger partial charge in [-0.2, -0.15) is 10.2 Å².